The Morgan fingerprint density at radius 1 is 1.43 bits per heavy atom. The number of amides is 3. The smallest absolute Gasteiger partial charge is 0.318 e. The summed E-state index contributed by atoms with van der Waals surface area (Å²) in [5.74, 6) is 1.16. The Kier molecular flexibility index (Phi) is 5.95. The molecule has 0 radical (unpaired) electrons. The van der Waals surface area contributed by atoms with Crippen LogP contribution in [-0.2, 0) is 17.8 Å². The van der Waals surface area contributed by atoms with Crippen LogP contribution in [0.1, 0.15) is 45.3 Å². The highest BCUT2D eigenvalue weighted by atomic mass is 16.5. The molecule has 2 rings (SSSR count). The second kappa shape index (κ2) is 7.94. The van der Waals surface area contributed by atoms with E-state index in [2.05, 4.69) is 15.5 Å². The maximum Gasteiger partial charge on any atom is 0.318 e. The van der Waals surface area contributed by atoms with Gasteiger partial charge in [-0.1, -0.05) is 19.0 Å². The third-order valence-corrected chi connectivity index (χ3v) is 3.86. The van der Waals surface area contributed by atoms with Crippen LogP contribution in [0.15, 0.2) is 4.52 Å². The van der Waals surface area contributed by atoms with Crippen LogP contribution in [0, 0.1) is 0 Å². The van der Waals surface area contributed by atoms with E-state index in [0.717, 1.165) is 13.0 Å². The van der Waals surface area contributed by atoms with Crippen molar-refractivity contribution >= 4 is 11.9 Å². The molecule has 0 saturated carbocycles. The van der Waals surface area contributed by atoms with Gasteiger partial charge in [0.25, 0.3) is 0 Å². The van der Waals surface area contributed by atoms with Gasteiger partial charge in [0, 0.05) is 32.5 Å². The summed E-state index contributed by atoms with van der Waals surface area (Å²) in [6.07, 6.45) is 1.98. The molecule has 1 aromatic rings. The monoisotopic (exact) mass is 323 g/mol. The summed E-state index contributed by atoms with van der Waals surface area (Å²) < 4.78 is 5.13. The van der Waals surface area contributed by atoms with Crippen molar-refractivity contribution in [1.82, 2.24) is 25.3 Å². The van der Waals surface area contributed by atoms with E-state index in [0.29, 0.717) is 37.6 Å². The molecule has 23 heavy (non-hydrogen) atoms. The SMILES string of the molecule is CCCN1C[C@@H](NC(=O)N(CC)Cc2nc(CC)no2)CC1=O. The maximum absolute atomic E-state index is 12.4. The molecule has 1 atom stereocenters. The van der Waals surface area contributed by atoms with Crippen molar-refractivity contribution in [3.8, 4) is 0 Å². The zero-order valence-electron chi connectivity index (χ0n) is 14.0. The van der Waals surface area contributed by atoms with Crippen LogP contribution in [0.5, 0.6) is 0 Å². The van der Waals surface area contributed by atoms with Gasteiger partial charge in [0.15, 0.2) is 5.82 Å². The van der Waals surface area contributed by atoms with Crippen molar-refractivity contribution in [3.63, 3.8) is 0 Å². The van der Waals surface area contributed by atoms with E-state index in [4.69, 9.17) is 4.52 Å². The maximum atomic E-state index is 12.4. The van der Waals surface area contributed by atoms with Gasteiger partial charge < -0.3 is 19.6 Å². The average molecular weight is 323 g/mol. The fraction of sp³-hybridized carbons (Fsp3) is 0.733. The molecule has 3 amide bonds. The predicted molar refractivity (Wildman–Crippen MR) is 83.6 cm³/mol. The van der Waals surface area contributed by atoms with Crippen LogP contribution in [0.3, 0.4) is 0 Å². The summed E-state index contributed by atoms with van der Waals surface area (Å²) in [7, 11) is 0. The molecule has 1 aliphatic rings. The molecule has 8 heteroatoms. The fourth-order valence-electron chi connectivity index (χ4n) is 2.61. The largest absolute Gasteiger partial charge is 0.341 e. The van der Waals surface area contributed by atoms with Crippen molar-refractivity contribution in [2.45, 2.75) is 52.6 Å². The summed E-state index contributed by atoms with van der Waals surface area (Å²) in [5, 5.41) is 6.75. The number of carbonyl (C=O) groups excluding carboxylic acids is 2. The number of nitrogens with zero attached hydrogens (tertiary/aromatic N) is 4. The summed E-state index contributed by atoms with van der Waals surface area (Å²) in [5.41, 5.74) is 0. The number of nitrogens with one attached hydrogen (secondary N) is 1. The minimum Gasteiger partial charge on any atom is -0.341 e. The lowest BCUT2D eigenvalue weighted by molar-refractivity contribution is -0.127. The van der Waals surface area contributed by atoms with Gasteiger partial charge >= 0.3 is 6.03 Å². The first kappa shape index (κ1) is 17.2. The molecule has 2 heterocycles. The van der Waals surface area contributed by atoms with Gasteiger partial charge in [-0.3, -0.25) is 4.79 Å². The standard InChI is InChI=1S/C15H25N5O3/c1-4-7-20-9-11(8-14(20)21)16-15(22)19(6-3)10-13-17-12(5-2)18-23-13/h11H,4-10H2,1-3H3,(H,16,22)/t11-/m0/s1. The second-order valence-electron chi connectivity index (χ2n) is 5.66. The lowest BCUT2D eigenvalue weighted by Gasteiger charge is -2.22. The summed E-state index contributed by atoms with van der Waals surface area (Å²) >= 11 is 0. The highest BCUT2D eigenvalue weighted by Crippen LogP contribution is 2.12. The van der Waals surface area contributed by atoms with Gasteiger partial charge in [0.05, 0.1) is 6.04 Å². The Morgan fingerprint density at radius 3 is 2.83 bits per heavy atom. The first-order valence-corrected chi connectivity index (χ1v) is 8.22. The highest BCUT2D eigenvalue weighted by Gasteiger charge is 2.31. The molecule has 1 N–H and O–H groups in total. The first-order chi connectivity index (χ1) is 11.1. The van der Waals surface area contributed by atoms with Gasteiger partial charge in [-0.25, -0.2) is 4.79 Å². The summed E-state index contributed by atoms with van der Waals surface area (Å²) in [6.45, 7) is 7.98. The van der Waals surface area contributed by atoms with Crippen molar-refractivity contribution in [1.29, 1.82) is 0 Å². The predicted octanol–water partition coefficient (Wildman–Crippen LogP) is 1.17. The number of hydrogen-bond donors (Lipinski definition) is 1. The van der Waals surface area contributed by atoms with Crippen molar-refractivity contribution < 1.29 is 14.1 Å². The molecule has 128 valence electrons. The highest BCUT2D eigenvalue weighted by molar-refractivity contribution is 5.81. The number of aryl methyl sites for hydroxylation is 1. The van der Waals surface area contributed by atoms with Crippen LogP contribution in [0.2, 0.25) is 0 Å². The Hall–Kier alpha value is -2.12. The molecule has 1 saturated heterocycles. The summed E-state index contributed by atoms with van der Waals surface area (Å²) in [4.78, 5) is 31.8. The lowest BCUT2D eigenvalue weighted by atomic mass is 10.2. The van der Waals surface area contributed by atoms with E-state index >= 15 is 0 Å². The number of carbonyl (C=O) groups is 2. The van der Waals surface area contributed by atoms with Crippen LogP contribution in [0.25, 0.3) is 0 Å². The lowest BCUT2D eigenvalue weighted by Crippen LogP contribution is -2.45. The molecular formula is C15H25N5O3. The van der Waals surface area contributed by atoms with Gasteiger partial charge in [-0.15, -0.1) is 0 Å². The van der Waals surface area contributed by atoms with E-state index in [-0.39, 0.29) is 24.5 Å². The Bertz CT molecular complexity index is 545. The molecule has 0 unspecified atom stereocenters. The third kappa shape index (κ3) is 4.43. The van der Waals surface area contributed by atoms with E-state index in [9.17, 15) is 9.59 Å². The Balaban J connectivity index is 1.89. The fourth-order valence-corrected chi connectivity index (χ4v) is 2.61. The van der Waals surface area contributed by atoms with Crippen LogP contribution in [-0.4, -0.2) is 57.6 Å². The molecule has 8 nitrogen and oxygen atoms in total. The number of rotatable bonds is 7. The average Bonchev–Trinajstić information content (AvgIpc) is 3.12. The molecular weight excluding hydrogens is 298 g/mol. The zero-order valence-corrected chi connectivity index (χ0v) is 14.0. The molecule has 1 aromatic heterocycles. The van der Waals surface area contributed by atoms with E-state index in [1.54, 1.807) is 9.80 Å². The quantitative estimate of drug-likeness (QED) is 0.813. The van der Waals surface area contributed by atoms with E-state index in [1.807, 2.05) is 20.8 Å². The van der Waals surface area contributed by atoms with Gasteiger partial charge in [0.1, 0.15) is 6.54 Å². The van der Waals surface area contributed by atoms with Gasteiger partial charge in [-0.05, 0) is 13.3 Å². The molecule has 0 aromatic carbocycles. The minimum atomic E-state index is -0.208. The van der Waals surface area contributed by atoms with Gasteiger partial charge in [0.2, 0.25) is 11.8 Å². The second-order valence-corrected chi connectivity index (χ2v) is 5.66. The van der Waals surface area contributed by atoms with Crippen molar-refractivity contribution in [2.24, 2.45) is 0 Å². The van der Waals surface area contributed by atoms with Crippen molar-refractivity contribution in [2.75, 3.05) is 19.6 Å². The Labute approximate surface area is 136 Å². The van der Waals surface area contributed by atoms with Crippen LogP contribution >= 0.6 is 0 Å². The number of urea groups is 1. The van der Waals surface area contributed by atoms with E-state index < -0.39 is 0 Å². The molecule has 1 fully saturated rings. The van der Waals surface area contributed by atoms with Crippen LogP contribution < -0.4 is 5.32 Å². The minimum absolute atomic E-state index is 0.102. The topological polar surface area (TPSA) is 91.6 Å². The first-order valence-electron chi connectivity index (χ1n) is 8.22. The zero-order chi connectivity index (χ0) is 16.8. The molecule has 0 bridgehead atoms. The Morgan fingerprint density at radius 2 is 2.22 bits per heavy atom. The van der Waals surface area contributed by atoms with Gasteiger partial charge in [-0.2, -0.15) is 4.98 Å². The number of aromatic nitrogens is 2. The molecule has 1 aliphatic heterocycles. The van der Waals surface area contributed by atoms with Crippen molar-refractivity contribution in [3.05, 3.63) is 11.7 Å². The number of hydrogen-bond acceptors (Lipinski definition) is 5. The number of likely N-dealkylation sites (tertiary alicyclic amines) is 1. The summed E-state index contributed by atoms with van der Waals surface area (Å²) in [6, 6.07) is -0.343. The van der Waals surface area contributed by atoms with Crippen LogP contribution in [0.4, 0.5) is 4.79 Å². The normalized spacial score (nSPS) is 17.6. The van der Waals surface area contributed by atoms with E-state index in [1.165, 1.54) is 0 Å². The molecule has 0 spiro atoms. The third-order valence-electron chi connectivity index (χ3n) is 3.86. The molecule has 0 aliphatic carbocycles.